The highest BCUT2D eigenvalue weighted by atomic mass is 32.2. The van der Waals surface area contributed by atoms with E-state index in [0.29, 0.717) is 11.4 Å². The van der Waals surface area contributed by atoms with Gasteiger partial charge in [-0.05, 0) is 38.1 Å². The molecule has 8 heteroatoms. The molecule has 0 saturated heterocycles. The largest absolute Gasteiger partial charge is 0.398 e. The van der Waals surface area contributed by atoms with Crippen molar-refractivity contribution in [1.29, 1.82) is 0 Å². The van der Waals surface area contributed by atoms with E-state index in [0.717, 1.165) is 12.1 Å². The summed E-state index contributed by atoms with van der Waals surface area (Å²) in [5.74, 6) is -0.771. The summed E-state index contributed by atoms with van der Waals surface area (Å²) in [6.45, 7) is 3.42. The molecule has 1 heterocycles. The maximum atomic E-state index is 13.2. The van der Waals surface area contributed by atoms with Gasteiger partial charge in [0.25, 0.3) is 10.0 Å². The number of nitrogens with one attached hydrogen (secondary N) is 1. The number of hydrogen-bond donors (Lipinski definition) is 2. The normalized spacial score (nSPS) is 11.3. The molecule has 20 heavy (non-hydrogen) atoms. The fourth-order valence-corrected chi connectivity index (χ4v) is 2.78. The summed E-state index contributed by atoms with van der Waals surface area (Å²) in [4.78, 5) is 7.57. The molecule has 0 aliphatic carbocycles. The van der Waals surface area contributed by atoms with Gasteiger partial charge in [0.1, 0.15) is 10.7 Å². The highest BCUT2D eigenvalue weighted by Crippen LogP contribution is 2.21. The van der Waals surface area contributed by atoms with Crippen LogP contribution in [0.3, 0.4) is 0 Å². The second kappa shape index (κ2) is 5.04. The Kier molecular flexibility index (Phi) is 3.58. The van der Waals surface area contributed by atoms with E-state index in [4.69, 9.17) is 5.73 Å². The molecule has 0 unspecified atom stereocenters. The van der Waals surface area contributed by atoms with Gasteiger partial charge in [-0.15, -0.1) is 0 Å². The summed E-state index contributed by atoms with van der Waals surface area (Å²) in [6.07, 6.45) is 0. The van der Waals surface area contributed by atoms with Gasteiger partial charge in [-0.3, -0.25) is 0 Å². The zero-order valence-corrected chi connectivity index (χ0v) is 11.7. The lowest BCUT2D eigenvalue weighted by Gasteiger charge is -2.09. The average molecular weight is 296 g/mol. The van der Waals surface area contributed by atoms with Gasteiger partial charge in [0.05, 0.1) is 5.69 Å². The van der Waals surface area contributed by atoms with Gasteiger partial charge in [-0.2, -0.15) is 0 Å². The highest BCUT2D eigenvalue weighted by Gasteiger charge is 2.20. The first-order chi connectivity index (χ1) is 9.28. The number of nitrogens with two attached hydrogens (primary N) is 1. The van der Waals surface area contributed by atoms with Gasteiger partial charge in [-0.25, -0.2) is 27.5 Å². The molecule has 2 rings (SSSR count). The summed E-state index contributed by atoms with van der Waals surface area (Å²) in [6, 6.07) is 4.82. The van der Waals surface area contributed by atoms with Crippen molar-refractivity contribution in [2.75, 3.05) is 10.5 Å². The van der Waals surface area contributed by atoms with Crippen molar-refractivity contribution in [1.82, 2.24) is 9.97 Å². The molecule has 0 saturated carbocycles. The van der Waals surface area contributed by atoms with Crippen LogP contribution in [0.15, 0.2) is 29.2 Å². The fourth-order valence-electron chi connectivity index (χ4n) is 1.69. The number of hydrogen-bond acceptors (Lipinski definition) is 5. The number of anilines is 2. The van der Waals surface area contributed by atoms with Gasteiger partial charge in [0.2, 0.25) is 5.95 Å². The van der Waals surface area contributed by atoms with Crippen LogP contribution in [0.25, 0.3) is 0 Å². The average Bonchev–Trinajstić information content (AvgIpc) is 2.30. The fraction of sp³-hybridized carbons (Fsp3) is 0.167. The predicted octanol–water partition coefficient (Wildman–Crippen LogP) is 1.62. The number of benzene rings is 1. The van der Waals surface area contributed by atoms with Crippen LogP contribution in [0.5, 0.6) is 0 Å². The molecule has 2 aromatic rings. The van der Waals surface area contributed by atoms with E-state index < -0.39 is 15.8 Å². The minimum Gasteiger partial charge on any atom is -0.398 e. The first-order valence-corrected chi connectivity index (χ1v) is 7.16. The molecule has 0 amide bonds. The predicted molar refractivity (Wildman–Crippen MR) is 73.1 cm³/mol. The molecule has 106 valence electrons. The van der Waals surface area contributed by atoms with Gasteiger partial charge in [0.15, 0.2) is 0 Å². The minimum absolute atomic E-state index is 0.0525. The van der Waals surface area contributed by atoms with E-state index >= 15 is 0 Å². The van der Waals surface area contributed by atoms with Crippen molar-refractivity contribution in [2.45, 2.75) is 18.7 Å². The van der Waals surface area contributed by atoms with Crippen molar-refractivity contribution >= 4 is 21.7 Å². The van der Waals surface area contributed by atoms with Gasteiger partial charge >= 0.3 is 0 Å². The third kappa shape index (κ3) is 3.02. The van der Waals surface area contributed by atoms with Crippen molar-refractivity contribution in [3.8, 4) is 0 Å². The van der Waals surface area contributed by atoms with Crippen LogP contribution in [-0.2, 0) is 10.0 Å². The van der Waals surface area contributed by atoms with E-state index in [1.54, 1.807) is 19.9 Å². The van der Waals surface area contributed by atoms with E-state index in [1.165, 1.54) is 6.07 Å². The molecule has 0 bridgehead atoms. The Labute approximate surface area is 115 Å². The standard InChI is InChI=1S/C12H13FN4O2S/c1-7-5-8(2)16-12(15-7)17-20(18,19)11-6-9(13)3-4-10(11)14/h3-6H,14H2,1-2H3,(H,15,16,17). The first kappa shape index (κ1) is 14.2. The Hall–Kier alpha value is -2.22. The monoisotopic (exact) mass is 296 g/mol. The molecule has 3 N–H and O–H groups in total. The number of aryl methyl sites for hydroxylation is 2. The molecule has 0 fully saturated rings. The van der Waals surface area contributed by atoms with E-state index in [2.05, 4.69) is 14.7 Å². The number of aromatic nitrogens is 2. The van der Waals surface area contributed by atoms with E-state index in [9.17, 15) is 12.8 Å². The van der Waals surface area contributed by atoms with Gasteiger partial charge in [-0.1, -0.05) is 0 Å². The van der Waals surface area contributed by atoms with E-state index in [-0.39, 0.29) is 16.5 Å². The first-order valence-electron chi connectivity index (χ1n) is 5.68. The second-order valence-electron chi connectivity index (χ2n) is 4.26. The third-order valence-corrected chi connectivity index (χ3v) is 3.86. The summed E-state index contributed by atoms with van der Waals surface area (Å²) in [7, 11) is -4.04. The third-order valence-electron chi connectivity index (χ3n) is 2.47. The number of nitrogen functional groups attached to an aromatic ring is 1. The minimum atomic E-state index is -4.04. The van der Waals surface area contributed by atoms with Crippen molar-refractivity contribution in [3.05, 3.63) is 41.5 Å². The van der Waals surface area contributed by atoms with Crippen LogP contribution in [0, 0.1) is 19.7 Å². The topological polar surface area (TPSA) is 98.0 Å². The molecule has 0 spiro atoms. The maximum absolute atomic E-state index is 13.2. The zero-order chi connectivity index (χ0) is 14.9. The number of sulfonamides is 1. The Morgan fingerprint density at radius 2 is 1.75 bits per heavy atom. The lowest BCUT2D eigenvalue weighted by atomic mass is 10.3. The number of nitrogens with zero attached hydrogens (tertiary/aromatic N) is 2. The lowest BCUT2D eigenvalue weighted by molar-refractivity contribution is 0.595. The number of halogens is 1. The second-order valence-corrected chi connectivity index (χ2v) is 5.91. The van der Waals surface area contributed by atoms with Crippen molar-refractivity contribution in [3.63, 3.8) is 0 Å². The van der Waals surface area contributed by atoms with Crippen LogP contribution in [0.1, 0.15) is 11.4 Å². The van der Waals surface area contributed by atoms with Crippen LogP contribution in [0.2, 0.25) is 0 Å². The van der Waals surface area contributed by atoms with Gasteiger partial charge < -0.3 is 5.73 Å². The molecule has 0 atom stereocenters. The quantitative estimate of drug-likeness (QED) is 0.839. The molecule has 0 radical (unpaired) electrons. The maximum Gasteiger partial charge on any atom is 0.266 e. The van der Waals surface area contributed by atoms with Crippen molar-refractivity contribution < 1.29 is 12.8 Å². The molecule has 6 nitrogen and oxygen atoms in total. The highest BCUT2D eigenvalue weighted by molar-refractivity contribution is 7.92. The Morgan fingerprint density at radius 3 is 2.35 bits per heavy atom. The molecule has 1 aromatic heterocycles. The SMILES string of the molecule is Cc1cc(C)nc(NS(=O)(=O)c2cc(F)ccc2N)n1. The summed E-state index contributed by atoms with van der Waals surface area (Å²) in [5.41, 5.74) is 6.74. The van der Waals surface area contributed by atoms with Crippen LogP contribution >= 0.6 is 0 Å². The van der Waals surface area contributed by atoms with Crippen molar-refractivity contribution in [2.24, 2.45) is 0 Å². The van der Waals surface area contributed by atoms with Crippen LogP contribution in [-0.4, -0.2) is 18.4 Å². The Balaban J connectivity index is 2.43. The number of rotatable bonds is 3. The van der Waals surface area contributed by atoms with E-state index in [1.807, 2.05) is 0 Å². The van der Waals surface area contributed by atoms with Gasteiger partial charge in [0, 0.05) is 11.4 Å². The molecule has 1 aromatic carbocycles. The van der Waals surface area contributed by atoms with Crippen LogP contribution in [0.4, 0.5) is 16.0 Å². The summed E-state index contributed by atoms with van der Waals surface area (Å²) in [5, 5.41) is 0. The summed E-state index contributed by atoms with van der Waals surface area (Å²) < 4.78 is 39.7. The van der Waals surface area contributed by atoms with Crippen LogP contribution < -0.4 is 10.5 Å². The molecule has 0 aliphatic rings. The Morgan fingerprint density at radius 1 is 1.15 bits per heavy atom. The smallest absolute Gasteiger partial charge is 0.266 e. The Bertz CT molecular complexity index is 742. The zero-order valence-electron chi connectivity index (χ0n) is 10.9. The molecule has 0 aliphatic heterocycles. The molecular weight excluding hydrogens is 283 g/mol. The summed E-state index contributed by atoms with van der Waals surface area (Å²) >= 11 is 0. The molecular formula is C12H13FN4O2S. The lowest BCUT2D eigenvalue weighted by Crippen LogP contribution is -2.17.